The fourth-order valence-electron chi connectivity index (χ4n) is 7.91. The number of aryl methyl sites for hydroxylation is 2. The van der Waals surface area contributed by atoms with Gasteiger partial charge in [0.1, 0.15) is 36.4 Å². The van der Waals surface area contributed by atoms with Crippen LogP contribution < -0.4 is 31.6 Å². The number of hydrogen-bond acceptors (Lipinski definition) is 11. The molecule has 16 heteroatoms. The normalized spacial score (nSPS) is 10.4. The molecule has 76 heavy (non-hydrogen) atoms. The molecule has 0 unspecified atom stereocenters. The number of benzene rings is 6. The summed E-state index contributed by atoms with van der Waals surface area (Å²) < 4.78 is 12.0. The van der Waals surface area contributed by atoms with Gasteiger partial charge in [0.2, 0.25) is 0 Å². The number of nitriles is 1. The van der Waals surface area contributed by atoms with E-state index in [1.165, 1.54) is 0 Å². The maximum Gasteiger partial charge on any atom is 0.251 e. The molecule has 0 radical (unpaired) electrons. The third-order valence-corrected chi connectivity index (χ3v) is 12.3. The van der Waals surface area contributed by atoms with Gasteiger partial charge in [0.25, 0.3) is 11.8 Å². The van der Waals surface area contributed by atoms with Gasteiger partial charge in [-0.05, 0) is 94.8 Å². The average Bonchev–Trinajstić information content (AvgIpc) is 3.46. The molecule has 2 heterocycles. The monoisotopic (exact) mass is 1010 g/mol. The van der Waals surface area contributed by atoms with Crippen LogP contribution in [0.25, 0.3) is 27.1 Å². The number of rotatable bonds is 18. The number of carbonyl (C=O) groups is 2. The topological polar surface area (TPSA) is 271 Å². The first-order valence-corrected chi connectivity index (χ1v) is 23.8. The minimum atomic E-state index is -0.274. The highest BCUT2D eigenvalue weighted by atomic mass is 16.5. The van der Waals surface area contributed by atoms with Crippen molar-refractivity contribution in [1.82, 2.24) is 20.6 Å². The van der Waals surface area contributed by atoms with Gasteiger partial charge in [0.05, 0.1) is 42.8 Å². The van der Waals surface area contributed by atoms with Gasteiger partial charge in [-0.3, -0.25) is 30.4 Å². The van der Waals surface area contributed by atoms with Crippen LogP contribution in [0.15, 0.2) is 158 Å². The zero-order valence-corrected chi connectivity index (χ0v) is 41.7. The largest absolute Gasteiger partial charge is 0.487 e. The number of aromatic nitrogens is 2. The molecule has 8 aromatic rings. The highest BCUT2D eigenvalue weighted by Gasteiger charge is 2.18. The summed E-state index contributed by atoms with van der Waals surface area (Å²) >= 11 is 0. The Morgan fingerprint density at radius 3 is 1.26 bits per heavy atom. The van der Waals surface area contributed by atoms with Gasteiger partial charge < -0.3 is 41.8 Å². The smallest absolute Gasteiger partial charge is 0.251 e. The van der Waals surface area contributed by atoms with E-state index >= 15 is 0 Å². The Kier molecular flexibility index (Phi) is 18.1. The average molecular weight is 1010 g/mol. The standard InChI is InChI=1S/C30H30N6O3.C30H24N4O3/c1-18-27(39-17-19-2-4-22(5-3-19)28(31)32)26(16-37)25(14-35-18)15-36-30(38)24-12-8-21(9-13-24)20-6-10-23(11-7-20)29(33)34;1-20-29(37-19-22-5-13-27(32-2)14-6-22)28(18-35)26(16-33-20)17-34-30(36)25-11-9-24(10-12-25)23-7-3-21(15-31)4-8-23/h2-14,37H,15-17H2,1H3,(H3,31,32)(H3,33,34)(H,36,38);3-14,16,35H,17-19H2,1H3,(H,34,36). The van der Waals surface area contributed by atoms with Crippen molar-refractivity contribution in [3.63, 3.8) is 0 Å². The Labute approximate surface area is 440 Å². The summed E-state index contributed by atoms with van der Waals surface area (Å²) in [6.45, 7) is 11.0. The SMILES string of the molecule is Cc1ncc(CNC(=O)c2ccc(-c3ccc(C(=N)N)cc3)cc2)c(CO)c1OCc1ccc(C(=N)N)cc1.[C-]#[N+]c1ccc(COc2c(C)ncc(CNC(=O)c3ccc(-c4ccc(C#N)cc4)cc3)c2CO)cc1. The molecule has 0 bridgehead atoms. The van der Waals surface area contributed by atoms with Crippen LogP contribution in [0, 0.1) is 42.6 Å². The molecule has 2 aromatic heterocycles. The minimum Gasteiger partial charge on any atom is -0.487 e. The van der Waals surface area contributed by atoms with Crippen molar-refractivity contribution in [2.45, 2.75) is 53.4 Å². The molecule has 10 N–H and O–H groups in total. The summed E-state index contributed by atoms with van der Waals surface area (Å²) in [5.74, 6) is 0.455. The lowest BCUT2D eigenvalue weighted by Crippen LogP contribution is -2.23. The summed E-state index contributed by atoms with van der Waals surface area (Å²) in [5, 5.41) is 49.9. The number of ether oxygens (including phenoxy) is 2. The molecule has 0 aliphatic heterocycles. The zero-order chi connectivity index (χ0) is 54.1. The molecule has 0 aliphatic rings. The van der Waals surface area contributed by atoms with Gasteiger partial charge in [-0.1, -0.05) is 109 Å². The number of amidine groups is 2. The van der Waals surface area contributed by atoms with E-state index in [9.17, 15) is 19.8 Å². The molecule has 6 aromatic carbocycles. The molecule has 16 nitrogen and oxygen atoms in total. The van der Waals surface area contributed by atoms with Gasteiger partial charge in [-0.15, -0.1) is 0 Å². The molecule has 0 saturated heterocycles. The Morgan fingerprint density at radius 1 is 0.579 bits per heavy atom. The van der Waals surface area contributed by atoms with Crippen LogP contribution in [0.2, 0.25) is 0 Å². The predicted octanol–water partition coefficient (Wildman–Crippen LogP) is 9.11. The van der Waals surface area contributed by atoms with Gasteiger partial charge in [-0.25, -0.2) is 4.85 Å². The van der Waals surface area contributed by atoms with Crippen molar-refractivity contribution in [3.05, 3.63) is 242 Å². The molecule has 2 amide bonds. The third-order valence-electron chi connectivity index (χ3n) is 12.3. The minimum absolute atomic E-state index is 0.00351. The number of nitrogens with two attached hydrogens (primary N) is 2. The number of nitrogens with zero attached hydrogens (tertiary/aromatic N) is 4. The first kappa shape index (κ1) is 53.8. The number of amides is 2. The molecule has 0 aliphatic carbocycles. The predicted molar refractivity (Wildman–Crippen MR) is 290 cm³/mol. The van der Waals surface area contributed by atoms with Crippen LogP contribution in [0.3, 0.4) is 0 Å². The number of nitrogen functional groups attached to an aromatic ring is 2. The van der Waals surface area contributed by atoms with E-state index in [0.29, 0.717) is 78.6 Å². The van der Waals surface area contributed by atoms with Crippen LogP contribution in [0.1, 0.15) is 82.2 Å². The first-order chi connectivity index (χ1) is 36.8. The number of carbonyl (C=O) groups excluding carboxylic acids is 2. The van der Waals surface area contributed by atoms with Gasteiger partial charge in [0, 0.05) is 58.9 Å². The van der Waals surface area contributed by atoms with Crippen LogP contribution in [0.4, 0.5) is 5.69 Å². The van der Waals surface area contributed by atoms with Crippen molar-refractivity contribution < 1.29 is 29.3 Å². The van der Waals surface area contributed by atoms with E-state index in [-0.39, 0.29) is 63.0 Å². The van der Waals surface area contributed by atoms with Crippen molar-refractivity contribution in [2.24, 2.45) is 11.5 Å². The lowest BCUT2D eigenvalue weighted by molar-refractivity contribution is 0.0942. The van der Waals surface area contributed by atoms with Gasteiger partial charge in [-0.2, -0.15) is 5.26 Å². The Morgan fingerprint density at radius 2 is 0.921 bits per heavy atom. The third kappa shape index (κ3) is 13.7. The number of aliphatic hydroxyl groups excluding tert-OH is 2. The summed E-state index contributed by atoms with van der Waals surface area (Å²) in [4.78, 5) is 37.8. The second-order valence-electron chi connectivity index (χ2n) is 17.3. The number of aliphatic hydroxyl groups is 2. The molecule has 0 saturated carbocycles. The number of pyridine rings is 2. The second-order valence-corrected chi connectivity index (χ2v) is 17.3. The van der Waals surface area contributed by atoms with Gasteiger partial charge >= 0.3 is 0 Å². The molecule has 380 valence electrons. The second kappa shape index (κ2) is 25.6. The molecule has 8 rings (SSSR count). The van der Waals surface area contributed by atoms with Crippen molar-refractivity contribution >= 4 is 29.2 Å². The quantitative estimate of drug-likeness (QED) is 0.0228. The van der Waals surface area contributed by atoms with E-state index in [0.717, 1.165) is 33.4 Å². The van der Waals surface area contributed by atoms with Crippen molar-refractivity contribution in [1.29, 1.82) is 16.1 Å². The number of nitrogens with one attached hydrogen (secondary N) is 4. The van der Waals surface area contributed by atoms with Crippen LogP contribution >= 0.6 is 0 Å². The van der Waals surface area contributed by atoms with E-state index in [2.05, 4.69) is 31.5 Å². The highest BCUT2D eigenvalue weighted by molar-refractivity contribution is 5.97. The summed E-state index contributed by atoms with van der Waals surface area (Å²) in [5.41, 5.74) is 23.7. The van der Waals surface area contributed by atoms with E-state index < -0.39 is 0 Å². The fraction of sp³-hybridized carbons (Fsp3) is 0.133. The summed E-state index contributed by atoms with van der Waals surface area (Å²) in [6, 6.07) is 45.4. The Hall–Kier alpha value is -10.0. The molecular weight excluding hydrogens is 957 g/mol. The van der Waals surface area contributed by atoms with Crippen molar-refractivity contribution in [2.75, 3.05) is 0 Å². The van der Waals surface area contributed by atoms with Crippen LogP contribution in [-0.4, -0.2) is 43.7 Å². The van der Waals surface area contributed by atoms with Crippen LogP contribution in [-0.2, 0) is 39.5 Å². The molecule has 0 fully saturated rings. The van der Waals surface area contributed by atoms with Crippen LogP contribution in [0.5, 0.6) is 11.5 Å². The van der Waals surface area contributed by atoms with Crippen molar-refractivity contribution in [3.8, 4) is 39.8 Å². The lowest BCUT2D eigenvalue weighted by Gasteiger charge is -2.17. The molecule has 0 spiro atoms. The Bertz CT molecular complexity index is 3440. The van der Waals surface area contributed by atoms with E-state index in [1.54, 1.807) is 99.0 Å². The maximum absolute atomic E-state index is 12.8. The van der Waals surface area contributed by atoms with E-state index in [4.69, 9.17) is 43.6 Å². The zero-order valence-electron chi connectivity index (χ0n) is 41.7. The maximum atomic E-state index is 12.8. The number of hydrogen-bond donors (Lipinski definition) is 8. The lowest BCUT2D eigenvalue weighted by atomic mass is 10.0. The molecular formula is C60H54N10O6. The highest BCUT2D eigenvalue weighted by Crippen LogP contribution is 2.29. The van der Waals surface area contributed by atoms with E-state index in [1.807, 2.05) is 72.8 Å². The molecule has 0 atom stereocenters. The van der Waals surface area contributed by atoms with Gasteiger partial charge in [0.15, 0.2) is 5.69 Å². The summed E-state index contributed by atoms with van der Waals surface area (Å²) in [7, 11) is 0. The summed E-state index contributed by atoms with van der Waals surface area (Å²) in [6.07, 6.45) is 3.26. The fourth-order valence-corrected chi connectivity index (χ4v) is 7.91. The first-order valence-electron chi connectivity index (χ1n) is 23.8. The Balaban J connectivity index is 0.000000221.